The van der Waals surface area contributed by atoms with E-state index in [2.05, 4.69) is 10.6 Å². The number of nitroso groups, excluding NO2 is 1. The van der Waals surface area contributed by atoms with E-state index in [-0.39, 0.29) is 25.4 Å². The second-order valence-corrected chi connectivity index (χ2v) is 8.48. The number of urea groups is 1. The lowest BCUT2D eigenvalue weighted by Gasteiger charge is -2.29. The second-order valence-electron chi connectivity index (χ2n) is 4.09. The van der Waals surface area contributed by atoms with Crippen molar-refractivity contribution >= 4 is 32.8 Å². The SMILES string of the molecule is O=NN(CCCl)C(=O)NCCCC(O)(P(=O)(O)O)P(=O)(O)O. The number of nitrogens with one attached hydrogen (secondary N) is 1. The van der Waals surface area contributed by atoms with E-state index in [0.717, 1.165) is 0 Å². The molecule has 0 rings (SSSR count). The molecule has 0 spiro atoms. The molecular weight excluding hydrogens is 367 g/mol. The first-order valence-corrected chi connectivity index (χ1v) is 9.45. The van der Waals surface area contributed by atoms with Crippen LogP contribution in [0.15, 0.2) is 5.29 Å². The van der Waals surface area contributed by atoms with Gasteiger partial charge < -0.3 is 30.0 Å². The summed E-state index contributed by atoms with van der Waals surface area (Å²) in [6.45, 7) is -0.499. The summed E-state index contributed by atoms with van der Waals surface area (Å²) in [4.78, 5) is 57.2. The van der Waals surface area contributed by atoms with Crippen molar-refractivity contribution in [3.8, 4) is 0 Å². The minimum Gasteiger partial charge on any atom is -0.368 e. The zero-order valence-electron chi connectivity index (χ0n) is 11.1. The van der Waals surface area contributed by atoms with Gasteiger partial charge in [0.1, 0.15) is 0 Å². The zero-order valence-corrected chi connectivity index (χ0v) is 13.6. The minimum atomic E-state index is -5.53. The Hall–Kier alpha value is -0.580. The number of rotatable bonds is 9. The maximum absolute atomic E-state index is 11.4. The van der Waals surface area contributed by atoms with E-state index in [4.69, 9.17) is 31.2 Å². The first-order valence-electron chi connectivity index (χ1n) is 5.69. The minimum absolute atomic E-state index is 0.0602. The summed E-state index contributed by atoms with van der Waals surface area (Å²) >= 11 is 5.31. The fourth-order valence-electron chi connectivity index (χ4n) is 1.33. The topological polar surface area (TPSA) is 197 Å². The summed E-state index contributed by atoms with van der Waals surface area (Å²) in [7, 11) is -11.1. The van der Waals surface area contributed by atoms with Crippen LogP contribution in [-0.2, 0) is 9.13 Å². The van der Waals surface area contributed by atoms with Crippen molar-refractivity contribution in [3.05, 3.63) is 4.91 Å². The smallest absolute Gasteiger partial charge is 0.368 e. The van der Waals surface area contributed by atoms with Crippen LogP contribution in [-0.4, -0.2) is 59.8 Å². The molecule has 0 saturated carbocycles. The molecule has 15 heteroatoms. The van der Waals surface area contributed by atoms with Gasteiger partial charge in [-0.3, -0.25) is 9.13 Å². The number of halogens is 1. The summed E-state index contributed by atoms with van der Waals surface area (Å²) < 4.78 is 22.1. The molecule has 2 amide bonds. The van der Waals surface area contributed by atoms with Crippen LogP contribution in [0.3, 0.4) is 0 Å². The standard InChI is InChI=1S/C7H16ClN3O9P2/c8-3-5-11(10-14)6(12)9-4-1-2-7(13,21(15,16)17)22(18,19)20/h13H,1-5H2,(H,9,12)(H2,15,16,17)(H2,18,19,20). The van der Waals surface area contributed by atoms with Crippen LogP contribution < -0.4 is 5.32 Å². The van der Waals surface area contributed by atoms with Gasteiger partial charge in [-0.2, -0.15) is 5.01 Å². The molecule has 0 unspecified atom stereocenters. The van der Waals surface area contributed by atoms with Gasteiger partial charge in [0.05, 0.1) is 11.8 Å². The van der Waals surface area contributed by atoms with Gasteiger partial charge in [0, 0.05) is 18.8 Å². The van der Waals surface area contributed by atoms with Crippen LogP contribution in [0.4, 0.5) is 4.79 Å². The largest absolute Gasteiger partial charge is 0.369 e. The summed E-state index contributed by atoms with van der Waals surface area (Å²) in [5, 5.41) is 10.9. The highest BCUT2D eigenvalue weighted by Gasteiger charge is 2.58. The molecule has 0 atom stereocenters. The van der Waals surface area contributed by atoms with Crippen LogP contribution in [0.2, 0.25) is 0 Å². The Labute approximate surface area is 129 Å². The van der Waals surface area contributed by atoms with Gasteiger partial charge in [0.2, 0.25) is 0 Å². The third-order valence-corrected chi connectivity index (χ3v) is 6.57. The molecule has 0 bridgehead atoms. The maximum atomic E-state index is 11.4. The van der Waals surface area contributed by atoms with Crippen molar-refractivity contribution in [3.63, 3.8) is 0 Å². The first-order chi connectivity index (χ1) is 9.90. The molecule has 0 fully saturated rings. The van der Waals surface area contributed by atoms with Crippen LogP contribution in [0.25, 0.3) is 0 Å². The van der Waals surface area contributed by atoms with Crippen molar-refractivity contribution in [2.24, 2.45) is 5.29 Å². The average molecular weight is 384 g/mol. The zero-order chi connectivity index (χ0) is 17.6. The van der Waals surface area contributed by atoms with Gasteiger partial charge in [0.15, 0.2) is 0 Å². The fourth-order valence-corrected chi connectivity index (χ4v) is 3.75. The molecule has 0 aromatic heterocycles. The lowest BCUT2D eigenvalue weighted by Crippen LogP contribution is -2.38. The third kappa shape index (κ3) is 5.56. The molecule has 0 saturated heterocycles. The van der Waals surface area contributed by atoms with Gasteiger partial charge in [-0.15, -0.1) is 16.5 Å². The number of nitrogens with zero attached hydrogens (tertiary/aromatic N) is 2. The fraction of sp³-hybridized carbons (Fsp3) is 0.857. The number of carbonyl (C=O) groups is 1. The monoisotopic (exact) mass is 383 g/mol. The molecule has 0 aliphatic carbocycles. The van der Waals surface area contributed by atoms with Crippen molar-refractivity contribution in [1.82, 2.24) is 10.3 Å². The lowest BCUT2D eigenvalue weighted by molar-refractivity contribution is 0.121. The Morgan fingerprint density at radius 2 is 1.73 bits per heavy atom. The number of alkyl halides is 1. The predicted octanol–water partition coefficient (Wildman–Crippen LogP) is -0.300. The highest BCUT2D eigenvalue weighted by Crippen LogP contribution is 2.69. The van der Waals surface area contributed by atoms with Gasteiger partial charge in [-0.25, -0.2) is 4.79 Å². The third-order valence-electron chi connectivity index (χ3n) is 2.53. The Morgan fingerprint density at radius 3 is 2.09 bits per heavy atom. The van der Waals surface area contributed by atoms with E-state index in [1.54, 1.807) is 0 Å². The number of aliphatic hydroxyl groups is 1. The highest BCUT2D eigenvalue weighted by molar-refractivity contribution is 7.72. The van der Waals surface area contributed by atoms with E-state index >= 15 is 0 Å². The Balaban J connectivity index is 4.62. The maximum Gasteiger partial charge on any atom is 0.369 e. The van der Waals surface area contributed by atoms with Crippen molar-refractivity contribution < 1.29 is 38.6 Å². The van der Waals surface area contributed by atoms with Crippen molar-refractivity contribution in [2.45, 2.75) is 17.9 Å². The molecule has 6 N–H and O–H groups in total. The van der Waals surface area contributed by atoms with Crippen LogP contribution >= 0.6 is 26.8 Å². The summed E-state index contributed by atoms with van der Waals surface area (Å²) in [5.74, 6) is -0.0602. The van der Waals surface area contributed by atoms with Crippen molar-refractivity contribution in [1.29, 1.82) is 0 Å². The molecule has 0 aliphatic rings. The first kappa shape index (κ1) is 21.4. The summed E-state index contributed by atoms with van der Waals surface area (Å²) in [6, 6.07) is -0.952. The van der Waals surface area contributed by atoms with E-state index in [1.807, 2.05) is 0 Å². The lowest BCUT2D eigenvalue weighted by atomic mass is 10.3. The number of carbonyl (C=O) groups excluding carboxylic acids is 1. The van der Waals surface area contributed by atoms with Crippen LogP contribution in [0.5, 0.6) is 0 Å². The normalized spacial score (nSPS) is 12.8. The van der Waals surface area contributed by atoms with Crippen LogP contribution in [0, 0.1) is 4.91 Å². The Morgan fingerprint density at radius 1 is 1.23 bits per heavy atom. The molecule has 130 valence electrons. The van der Waals surface area contributed by atoms with E-state index in [0.29, 0.717) is 5.01 Å². The quantitative estimate of drug-likeness (QED) is 0.102. The van der Waals surface area contributed by atoms with Gasteiger partial charge in [0.25, 0.3) is 5.08 Å². The molecule has 22 heavy (non-hydrogen) atoms. The molecule has 0 aliphatic heterocycles. The molecule has 0 aromatic rings. The predicted molar refractivity (Wildman–Crippen MR) is 74.9 cm³/mol. The number of hydrogen-bond donors (Lipinski definition) is 6. The van der Waals surface area contributed by atoms with E-state index < -0.39 is 32.7 Å². The van der Waals surface area contributed by atoms with Gasteiger partial charge >= 0.3 is 21.2 Å². The van der Waals surface area contributed by atoms with Crippen LogP contribution in [0.1, 0.15) is 12.8 Å². The molecule has 0 heterocycles. The van der Waals surface area contributed by atoms with E-state index in [9.17, 15) is 23.9 Å². The van der Waals surface area contributed by atoms with E-state index in [1.165, 1.54) is 0 Å². The second kappa shape index (κ2) is 8.32. The van der Waals surface area contributed by atoms with Gasteiger partial charge in [-0.05, 0) is 6.42 Å². The molecule has 0 radical (unpaired) electrons. The number of hydrogen-bond acceptors (Lipinski definition) is 6. The molecule has 0 aromatic carbocycles. The number of amides is 2. The molecular formula is C7H16ClN3O9P2. The van der Waals surface area contributed by atoms with Gasteiger partial charge in [-0.1, -0.05) is 0 Å². The van der Waals surface area contributed by atoms with Crippen molar-refractivity contribution in [2.75, 3.05) is 19.0 Å². The summed E-state index contributed by atoms with van der Waals surface area (Å²) in [6.07, 6.45) is -1.36. The summed E-state index contributed by atoms with van der Waals surface area (Å²) in [5.41, 5.74) is 0. The molecule has 12 nitrogen and oxygen atoms in total. The highest BCUT2D eigenvalue weighted by atomic mass is 35.5. The average Bonchev–Trinajstić information content (AvgIpc) is 2.37. The Kier molecular flexibility index (Phi) is 8.10. The Bertz CT molecular complexity index is 470.